The summed E-state index contributed by atoms with van der Waals surface area (Å²) in [6.45, 7) is 12.4. The van der Waals surface area contributed by atoms with Crippen LogP contribution in [0.2, 0.25) is 0 Å². The molecule has 1 rings (SSSR count). The fourth-order valence-corrected chi connectivity index (χ4v) is 2.81. The summed E-state index contributed by atoms with van der Waals surface area (Å²) >= 11 is 11.2. The van der Waals surface area contributed by atoms with E-state index < -0.39 is 0 Å². The first kappa shape index (κ1) is 27.6. The maximum atomic E-state index is 6.07. The van der Waals surface area contributed by atoms with E-state index in [0.717, 1.165) is 54.9 Å². The van der Waals surface area contributed by atoms with E-state index in [1.54, 1.807) is 12.3 Å². The Kier molecular flexibility index (Phi) is 13.7. The Morgan fingerprint density at radius 3 is 2.45 bits per heavy atom. The summed E-state index contributed by atoms with van der Waals surface area (Å²) in [4.78, 5) is 5.37. The van der Waals surface area contributed by atoms with Gasteiger partial charge in [-0.3, -0.25) is 10.3 Å². The van der Waals surface area contributed by atoms with Crippen LogP contribution in [0.15, 0.2) is 35.0 Å². The fourth-order valence-electron chi connectivity index (χ4n) is 2.68. The number of hydrogen-bond acceptors (Lipinski definition) is 5. The molecule has 1 N–H and O–H groups in total. The molecule has 0 aliphatic carbocycles. The molecule has 5 nitrogen and oxygen atoms in total. The Bertz CT molecular complexity index is 696. The molecule has 7 heteroatoms. The van der Waals surface area contributed by atoms with Crippen LogP contribution in [-0.4, -0.2) is 32.0 Å². The summed E-state index contributed by atoms with van der Waals surface area (Å²) in [7, 11) is 0. The zero-order valence-electron chi connectivity index (χ0n) is 19.4. The maximum Gasteiger partial charge on any atom is 0.125 e. The number of ether oxygens (including phenoxy) is 3. The minimum atomic E-state index is -0.212. The smallest absolute Gasteiger partial charge is 0.125 e. The summed E-state index contributed by atoms with van der Waals surface area (Å²) in [5, 5.41) is 0. The third kappa shape index (κ3) is 13.6. The van der Waals surface area contributed by atoms with Crippen LogP contribution >= 0.6 is 23.2 Å². The molecule has 0 saturated carbocycles. The van der Waals surface area contributed by atoms with Gasteiger partial charge in [0, 0.05) is 12.8 Å². The Balaban J connectivity index is 2.24. The summed E-state index contributed by atoms with van der Waals surface area (Å²) < 4.78 is 17.6. The maximum absolute atomic E-state index is 6.07. The standard InChI is InChI=1S/C24H37Cl2NO4/c1-6-20-18-21(29-16-11-22(25)26)17-19(2)23(20)30-15-9-7-8-13-28-14-10-12-27-31-24(3,4)5/h10-12,17-18,27H,6-9,13-16H2,1-5H3. The van der Waals surface area contributed by atoms with Gasteiger partial charge in [0.15, 0.2) is 0 Å². The molecule has 0 atom stereocenters. The predicted octanol–water partition coefficient (Wildman–Crippen LogP) is 6.65. The molecule has 0 fully saturated rings. The second kappa shape index (κ2) is 15.4. The van der Waals surface area contributed by atoms with Gasteiger partial charge >= 0.3 is 0 Å². The highest BCUT2D eigenvalue weighted by Gasteiger charge is 2.10. The van der Waals surface area contributed by atoms with Crippen LogP contribution in [0.1, 0.15) is 58.1 Å². The van der Waals surface area contributed by atoms with Crippen LogP contribution in [-0.2, 0) is 16.0 Å². The van der Waals surface area contributed by atoms with Gasteiger partial charge in [0.1, 0.15) is 22.6 Å². The number of aryl methyl sites for hydroxylation is 2. The zero-order chi connectivity index (χ0) is 23.1. The molecular weight excluding hydrogens is 437 g/mol. The highest BCUT2D eigenvalue weighted by molar-refractivity contribution is 6.55. The van der Waals surface area contributed by atoms with Crippen molar-refractivity contribution in [2.75, 3.05) is 26.4 Å². The van der Waals surface area contributed by atoms with Gasteiger partial charge in [0.2, 0.25) is 0 Å². The van der Waals surface area contributed by atoms with Crippen LogP contribution in [0.4, 0.5) is 0 Å². The first-order chi connectivity index (χ1) is 14.7. The lowest BCUT2D eigenvalue weighted by Crippen LogP contribution is -2.25. The quantitative estimate of drug-likeness (QED) is 0.228. The number of rotatable bonds is 15. The first-order valence-corrected chi connectivity index (χ1v) is 11.5. The van der Waals surface area contributed by atoms with E-state index in [0.29, 0.717) is 19.8 Å². The normalized spacial score (nSPS) is 11.6. The van der Waals surface area contributed by atoms with Crippen molar-refractivity contribution in [3.05, 3.63) is 46.1 Å². The number of nitrogens with one attached hydrogen (secondary N) is 1. The molecule has 0 spiro atoms. The minimum absolute atomic E-state index is 0.206. The highest BCUT2D eigenvalue weighted by atomic mass is 35.5. The molecule has 31 heavy (non-hydrogen) atoms. The topological polar surface area (TPSA) is 49.0 Å². The molecule has 0 aromatic heterocycles. The Morgan fingerprint density at radius 2 is 1.77 bits per heavy atom. The van der Waals surface area contributed by atoms with Crippen molar-refractivity contribution in [3.63, 3.8) is 0 Å². The molecule has 176 valence electrons. The molecule has 0 heterocycles. The molecular formula is C24H37Cl2NO4. The van der Waals surface area contributed by atoms with Gasteiger partial charge in [-0.1, -0.05) is 30.1 Å². The summed E-state index contributed by atoms with van der Waals surface area (Å²) in [6, 6.07) is 3.99. The minimum Gasteiger partial charge on any atom is -0.493 e. The average molecular weight is 474 g/mol. The van der Waals surface area contributed by atoms with E-state index in [1.807, 2.05) is 45.9 Å². The van der Waals surface area contributed by atoms with Crippen LogP contribution in [0.3, 0.4) is 0 Å². The van der Waals surface area contributed by atoms with Crippen LogP contribution in [0.5, 0.6) is 11.5 Å². The monoisotopic (exact) mass is 473 g/mol. The van der Waals surface area contributed by atoms with Gasteiger partial charge < -0.3 is 14.2 Å². The van der Waals surface area contributed by atoms with E-state index in [1.165, 1.54) is 0 Å². The molecule has 1 aromatic carbocycles. The van der Waals surface area contributed by atoms with Crippen molar-refractivity contribution in [2.45, 2.75) is 65.9 Å². The molecule has 0 aliphatic heterocycles. The zero-order valence-corrected chi connectivity index (χ0v) is 20.9. The van der Waals surface area contributed by atoms with E-state index in [2.05, 4.69) is 12.4 Å². The van der Waals surface area contributed by atoms with Gasteiger partial charge in [-0.05, 0) is 88.8 Å². The van der Waals surface area contributed by atoms with Gasteiger partial charge in [-0.2, -0.15) is 0 Å². The fraction of sp³-hybridized carbons (Fsp3) is 0.583. The van der Waals surface area contributed by atoms with Crippen molar-refractivity contribution >= 4 is 23.2 Å². The molecule has 1 aromatic rings. The van der Waals surface area contributed by atoms with Crippen molar-refractivity contribution in [1.29, 1.82) is 0 Å². The van der Waals surface area contributed by atoms with Gasteiger partial charge in [-0.25, -0.2) is 0 Å². The number of unbranched alkanes of at least 4 members (excludes halogenated alkanes) is 2. The van der Waals surface area contributed by atoms with Crippen molar-refractivity contribution in [3.8, 4) is 11.5 Å². The molecule has 0 bridgehead atoms. The third-order valence-corrected chi connectivity index (χ3v) is 4.45. The van der Waals surface area contributed by atoms with Crippen molar-refractivity contribution in [1.82, 2.24) is 5.48 Å². The van der Waals surface area contributed by atoms with E-state index in [-0.39, 0.29) is 10.1 Å². The van der Waals surface area contributed by atoms with Crippen LogP contribution < -0.4 is 15.0 Å². The second-order valence-electron chi connectivity index (χ2n) is 8.11. The Labute approximate surface area is 197 Å². The first-order valence-electron chi connectivity index (χ1n) is 10.8. The lowest BCUT2D eigenvalue weighted by Gasteiger charge is -2.17. The number of benzene rings is 1. The second-order valence-corrected chi connectivity index (χ2v) is 9.11. The Morgan fingerprint density at radius 1 is 1.03 bits per heavy atom. The molecule has 0 aliphatic rings. The highest BCUT2D eigenvalue weighted by Crippen LogP contribution is 2.30. The number of hydrogen-bond donors (Lipinski definition) is 1. The largest absolute Gasteiger partial charge is 0.493 e. The predicted molar refractivity (Wildman–Crippen MR) is 129 cm³/mol. The molecule has 0 amide bonds. The van der Waals surface area contributed by atoms with E-state index in [9.17, 15) is 0 Å². The number of halogens is 2. The van der Waals surface area contributed by atoms with Crippen LogP contribution in [0.25, 0.3) is 0 Å². The lowest BCUT2D eigenvalue weighted by molar-refractivity contribution is -0.0524. The van der Waals surface area contributed by atoms with Gasteiger partial charge in [0.25, 0.3) is 0 Å². The van der Waals surface area contributed by atoms with Crippen molar-refractivity contribution < 1.29 is 19.0 Å². The SMILES string of the molecule is CCc1cc(OCC=C(Cl)Cl)cc(C)c1OCCCCCOCC=CNOC(C)(C)C. The van der Waals surface area contributed by atoms with Crippen molar-refractivity contribution in [2.24, 2.45) is 0 Å². The average Bonchev–Trinajstić information content (AvgIpc) is 2.68. The van der Waals surface area contributed by atoms with E-state index >= 15 is 0 Å². The van der Waals surface area contributed by atoms with Gasteiger partial charge in [0.05, 0.1) is 18.8 Å². The third-order valence-electron chi connectivity index (χ3n) is 4.14. The summed E-state index contributed by atoms with van der Waals surface area (Å²) in [5.41, 5.74) is 4.78. The molecule has 0 radical (unpaired) electrons. The molecule has 0 unspecified atom stereocenters. The summed E-state index contributed by atoms with van der Waals surface area (Å²) in [5.74, 6) is 1.74. The van der Waals surface area contributed by atoms with E-state index in [4.69, 9.17) is 42.3 Å². The molecule has 0 saturated heterocycles. The lowest BCUT2D eigenvalue weighted by atomic mass is 10.1. The van der Waals surface area contributed by atoms with Crippen LogP contribution in [0, 0.1) is 6.92 Å². The summed E-state index contributed by atoms with van der Waals surface area (Å²) in [6.07, 6.45) is 9.20. The number of hydroxylamine groups is 1. The van der Waals surface area contributed by atoms with Gasteiger partial charge in [-0.15, -0.1) is 0 Å². The Hall–Kier alpha value is -1.40.